The molecule has 2 N–H and O–H groups in total. The Morgan fingerprint density at radius 2 is 1.52 bits per heavy atom. The molecule has 0 aliphatic rings. The molecule has 6 nitrogen and oxygen atoms in total. The molecule has 1 aromatic heterocycles. The lowest BCUT2D eigenvalue weighted by Gasteiger charge is -2.25. The number of aromatic nitrogens is 1. The molecular weight excluding hydrogens is 432 g/mol. The van der Waals surface area contributed by atoms with Crippen LogP contribution in [0.1, 0.15) is 6.42 Å². The molecule has 0 aliphatic heterocycles. The topological polar surface area (TPSA) is 90.7 Å². The third-order valence-electron chi connectivity index (χ3n) is 4.52. The summed E-state index contributed by atoms with van der Waals surface area (Å²) in [5.41, 5.74) is 3.72. The van der Waals surface area contributed by atoms with Crippen molar-refractivity contribution in [3.05, 3.63) is 78.9 Å². The van der Waals surface area contributed by atoms with E-state index >= 15 is 0 Å². The van der Waals surface area contributed by atoms with E-state index in [0.717, 1.165) is 39.0 Å². The number of aliphatic carboxylic acids is 2. The number of carboxylic acids is 2. The van der Waals surface area contributed by atoms with Crippen LogP contribution in [0.15, 0.2) is 83.2 Å². The Labute approximate surface area is 186 Å². The molecule has 0 saturated carbocycles. The molecular formula is C23H18N2O4S2. The zero-order chi connectivity index (χ0) is 21.8. The van der Waals surface area contributed by atoms with Gasteiger partial charge in [-0.2, -0.15) is 0 Å². The first-order valence-electron chi connectivity index (χ1n) is 9.43. The molecule has 4 rings (SSSR count). The Morgan fingerprint density at radius 1 is 0.903 bits per heavy atom. The average molecular weight is 451 g/mol. The van der Waals surface area contributed by atoms with Crippen molar-refractivity contribution in [3.8, 4) is 0 Å². The van der Waals surface area contributed by atoms with Crippen LogP contribution in [0.3, 0.4) is 0 Å². The maximum Gasteiger partial charge on any atom is 0.317 e. The molecule has 8 heteroatoms. The van der Waals surface area contributed by atoms with Crippen molar-refractivity contribution in [1.29, 1.82) is 0 Å². The fourth-order valence-electron chi connectivity index (χ4n) is 3.14. The molecule has 156 valence electrons. The highest BCUT2D eigenvalue weighted by atomic mass is 32.2. The number of fused-ring (bicyclic) bond motifs is 1. The van der Waals surface area contributed by atoms with Gasteiger partial charge in [-0.1, -0.05) is 48.2 Å². The molecule has 0 radical (unpaired) electrons. The Balaban J connectivity index is 1.70. The van der Waals surface area contributed by atoms with E-state index in [1.54, 1.807) is 0 Å². The Hall–Kier alpha value is -3.36. The highest BCUT2D eigenvalue weighted by Crippen LogP contribution is 2.39. The summed E-state index contributed by atoms with van der Waals surface area (Å²) in [4.78, 5) is 29.0. The van der Waals surface area contributed by atoms with Crippen molar-refractivity contribution >= 4 is 62.3 Å². The summed E-state index contributed by atoms with van der Waals surface area (Å²) in [5, 5.41) is 17.2. The molecule has 0 aliphatic carbocycles. The second-order valence-electron chi connectivity index (χ2n) is 6.68. The number of anilines is 3. The summed E-state index contributed by atoms with van der Waals surface area (Å²) in [7, 11) is 0. The molecule has 31 heavy (non-hydrogen) atoms. The number of para-hydroxylation sites is 2. The van der Waals surface area contributed by atoms with Crippen LogP contribution in [-0.2, 0) is 9.59 Å². The SMILES string of the molecule is O=C(O)CC(Sc1nc2ccc(N(c3ccccc3)c3ccccc3)cc2s1)C(=O)O. The number of nitrogens with zero attached hydrogens (tertiary/aromatic N) is 2. The zero-order valence-corrected chi connectivity index (χ0v) is 17.8. The molecule has 0 amide bonds. The third kappa shape index (κ3) is 4.87. The molecule has 0 spiro atoms. The van der Waals surface area contributed by atoms with Crippen LogP contribution in [0.5, 0.6) is 0 Å². The fraction of sp³-hybridized carbons (Fsp3) is 0.0870. The van der Waals surface area contributed by atoms with Crippen LogP contribution in [-0.4, -0.2) is 32.4 Å². The largest absolute Gasteiger partial charge is 0.481 e. The summed E-state index contributed by atoms with van der Waals surface area (Å²) in [6.45, 7) is 0. The first-order valence-corrected chi connectivity index (χ1v) is 11.1. The lowest BCUT2D eigenvalue weighted by molar-refractivity contribution is -0.142. The smallest absolute Gasteiger partial charge is 0.317 e. The van der Waals surface area contributed by atoms with Crippen molar-refractivity contribution in [3.63, 3.8) is 0 Å². The van der Waals surface area contributed by atoms with Gasteiger partial charge >= 0.3 is 11.9 Å². The molecule has 4 aromatic rings. The lowest BCUT2D eigenvalue weighted by Crippen LogP contribution is -2.20. The van der Waals surface area contributed by atoms with Crippen LogP contribution in [0.25, 0.3) is 10.2 Å². The second kappa shape index (κ2) is 9.20. The van der Waals surface area contributed by atoms with E-state index in [2.05, 4.69) is 9.88 Å². The van der Waals surface area contributed by atoms with Crippen molar-refractivity contribution < 1.29 is 19.8 Å². The van der Waals surface area contributed by atoms with E-state index in [-0.39, 0.29) is 0 Å². The monoisotopic (exact) mass is 450 g/mol. The predicted octanol–water partition coefficient (Wildman–Crippen LogP) is 5.79. The van der Waals surface area contributed by atoms with Gasteiger partial charge in [0.25, 0.3) is 0 Å². The van der Waals surface area contributed by atoms with Gasteiger partial charge in [-0.15, -0.1) is 11.3 Å². The van der Waals surface area contributed by atoms with Gasteiger partial charge in [-0.25, -0.2) is 4.98 Å². The molecule has 0 bridgehead atoms. The first-order chi connectivity index (χ1) is 15.0. The number of hydrogen-bond donors (Lipinski definition) is 2. The summed E-state index contributed by atoms with van der Waals surface area (Å²) in [6, 6.07) is 25.9. The van der Waals surface area contributed by atoms with Crippen molar-refractivity contribution in [2.45, 2.75) is 16.0 Å². The number of carboxylic acid groups (broad SMARTS) is 2. The molecule has 0 saturated heterocycles. The lowest BCUT2D eigenvalue weighted by atomic mass is 10.2. The highest BCUT2D eigenvalue weighted by Gasteiger charge is 2.24. The van der Waals surface area contributed by atoms with E-state index < -0.39 is 23.6 Å². The van der Waals surface area contributed by atoms with Gasteiger partial charge in [0.05, 0.1) is 16.6 Å². The predicted molar refractivity (Wildman–Crippen MR) is 124 cm³/mol. The minimum Gasteiger partial charge on any atom is -0.481 e. The zero-order valence-electron chi connectivity index (χ0n) is 16.2. The Kier molecular flexibility index (Phi) is 6.20. The highest BCUT2D eigenvalue weighted by molar-refractivity contribution is 8.02. The molecule has 0 fully saturated rings. The summed E-state index contributed by atoms with van der Waals surface area (Å²) in [5.74, 6) is -2.31. The van der Waals surface area contributed by atoms with E-state index in [4.69, 9.17) is 5.11 Å². The van der Waals surface area contributed by atoms with Gasteiger partial charge in [0.2, 0.25) is 0 Å². The van der Waals surface area contributed by atoms with Gasteiger partial charge in [0, 0.05) is 17.1 Å². The normalized spacial score (nSPS) is 11.9. The number of carbonyl (C=O) groups is 2. The van der Waals surface area contributed by atoms with Gasteiger partial charge in [0.1, 0.15) is 5.25 Å². The van der Waals surface area contributed by atoms with E-state index in [1.165, 1.54) is 11.3 Å². The number of hydrogen-bond acceptors (Lipinski definition) is 6. The maximum atomic E-state index is 11.4. The average Bonchev–Trinajstić information content (AvgIpc) is 3.16. The third-order valence-corrected chi connectivity index (χ3v) is 6.82. The van der Waals surface area contributed by atoms with E-state index in [1.807, 2.05) is 78.9 Å². The fourth-order valence-corrected chi connectivity index (χ4v) is 5.40. The quantitative estimate of drug-likeness (QED) is 0.329. The Morgan fingerprint density at radius 3 is 2.06 bits per heavy atom. The van der Waals surface area contributed by atoms with Gasteiger partial charge in [-0.05, 0) is 42.5 Å². The molecule has 1 unspecified atom stereocenters. The number of benzene rings is 3. The molecule has 3 aromatic carbocycles. The van der Waals surface area contributed by atoms with Crippen molar-refractivity contribution in [1.82, 2.24) is 4.98 Å². The number of thioether (sulfide) groups is 1. The van der Waals surface area contributed by atoms with Crippen molar-refractivity contribution in [2.75, 3.05) is 4.90 Å². The second-order valence-corrected chi connectivity index (χ2v) is 9.16. The summed E-state index contributed by atoms with van der Waals surface area (Å²) >= 11 is 2.33. The van der Waals surface area contributed by atoms with Gasteiger partial charge in [-0.3, -0.25) is 9.59 Å². The minimum absolute atomic E-state index is 0.461. The molecule has 1 heterocycles. The first kappa shape index (κ1) is 20.9. The standard InChI is InChI=1S/C23H18N2O4S2/c26-21(27)14-20(22(28)29)31-23-24-18-12-11-17(13-19(18)30-23)25(15-7-3-1-4-8-15)16-9-5-2-6-10-16/h1-13,20H,14H2,(H,26,27)(H,28,29). The van der Waals surface area contributed by atoms with Gasteiger partial charge in [0.15, 0.2) is 4.34 Å². The van der Waals surface area contributed by atoms with Crippen LogP contribution in [0.2, 0.25) is 0 Å². The summed E-state index contributed by atoms with van der Waals surface area (Å²) < 4.78 is 1.43. The van der Waals surface area contributed by atoms with Crippen LogP contribution >= 0.6 is 23.1 Å². The maximum absolute atomic E-state index is 11.4. The van der Waals surface area contributed by atoms with Crippen LogP contribution in [0, 0.1) is 0 Å². The minimum atomic E-state index is -1.16. The number of rotatable bonds is 8. The van der Waals surface area contributed by atoms with Gasteiger partial charge < -0.3 is 15.1 Å². The van der Waals surface area contributed by atoms with Crippen LogP contribution in [0.4, 0.5) is 17.1 Å². The van der Waals surface area contributed by atoms with E-state index in [0.29, 0.717) is 4.34 Å². The Bertz CT molecular complexity index is 1170. The van der Waals surface area contributed by atoms with E-state index in [9.17, 15) is 14.7 Å². The summed E-state index contributed by atoms with van der Waals surface area (Å²) in [6.07, 6.45) is -0.461. The van der Waals surface area contributed by atoms with Crippen molar-refractivity contribution in [2.24, 2.45) is 0 Å². The number of thiazole rings is 1. The van der Waals surface area contributed by atoms with Crippen LogP contribution < -0.4 is 4.90 Å². The molecule has 1 atom stereocenters.